The second-order valence-electron chi connectivity index (χ2n) is 6.22. The monoisotopic (exact) mass is 429 g/mol. The van der Waals surface area contributed by atoms with E-state index >= 15 is 0 Å². The van der Waals surface area contributed by atoms with Crippen molar-refractivity contribution >= 4 is 29.9 Å². The van der Waals surface area contributed by atoms with Gasteiger partial charge in [0, 0.05) is 25.0 Å². The van der Waals surface area contributed by atoms with Crippen LogP contribution < -0.4 is 15.4 Å². The Bertz CT molecular complexity index is 515. The van der Waals surface area contributed by atoms with Crippen LogP contribution in [0.15, 0.2) is 29.3 Å². The fourth-order valence-electron chi connectivity index (χ4n) is 3.39. The van der Waals surface area contributed by atoms with Gasteiger partial charge in [0.05, 0.1) is 6.61 Å². The largest absolute Gasteiger partial charge is 0.493 e. The number of aliphatic imine (C=N–C) groups is 1. The molecule has 3 rings (SSSR count). The molecule has 5 heteroatoms. The van der Waals surface area contributed by atoms with E-state index in [0.29, 0.717) is 12.0 Å². The van der Waals surface area contributed by atoms with Crippen molar-refractivity contribution in [3.05, 3.63) is 29.8 Å². The van der Waals surface area contributed by atoms with Crippen LogP contribution in [0, 0.1) is 0 Å². The van der Waals surface area contributed by atoms with Crippen LogP contribution in [0.5, 0.6) is 5.75 Å². The predicted octanol–water partition coefficient (Wildman–Crippen LogP) is 3.67. The van der Waals surface area contributed by atoms with Gasteiger partial charge in [-0.15, -0.1) is 24.0 Å². The van der Waals surface area contributed by atoms with Crippen LogP contribution in [0.2, 0.25) is 0 Å². The molecule has 2 aliphatic rings. The molecule has 1 aromatic carbocycles. The average Bonchev–Trinajstić information content (AvgIpc) is 3.06. The Morgan fingerprint density at radius 3 is 2.78 bits per heavy atom. The lowest BCUT2D eigenvalue weighted by Crippen LogP contribution is -2.42. The van der Waals surface area contributed by atoms with Gasteiger partial charge >= 0.3 is 0 Å². The molecule has 0 saturated heterocycles. The molecule has 1 saturated carbocycles. The van der Waals surface area contributed by atoms with Gasteiger partial charge in [0.25, 0.3) is 0 Å². The Morgan fingerprint density at radius 2 is 2.00 bits per heavy atom. The summed E-state index contributed by atoms with van der Waals surface area (Å²) in [5.74, 6) is 2.46. The third-order valence-corrected chi connectivity index (χ3v) is 4.59. The number of nitrogens with zero attached hydrogens (tertiary/aromatic N) is 1. The van der Waals surface area contributed by atoms with Gasteiger partial charge in [0.2, 0.25) is 0 Å². The highest BCUT2D eigenvalue weighted by molar-refractivity contribution is 14.0. The summed E-state index contributed by atoms with van der Waals surface area (Å²) in [6, 6.07) is 8.96. The summed E-state index contributed by atoms with van der Waals surface area (Å²) in [7, 11) is 0. The number of hydrogen-bond donors (Lipinski definition) is 2. The number of fused-ring (bicyclic) bond motifs is 1. The van der Waals surface area contributed by atoms with Gasteiger partial charge in [0.15, 0.2) is 5.96 Å². The first-order chi connectivity index (χ1) is 10.9. The van der Waals surface area contributed by atoms with E-state index in [1.54, 1.807) is 0 Å². The number of guanidine groups is 1. The zero-order valence-electron chi connectivity index (χ0n) is 13.9. The molecule has 1 unspecified atom stereocenters. The molecule has 1 aliphatic carbocycles. The van der Waals surface area contributed by atoms with Crippen molar-refractivity contribution in [1.82, 2.24) is 10.6 Å². The van der Waals surface area contributed by atoms with Gasteiger partial charge in [0.1, 0.15) is 5.75 Å². The highest BCUT2D eigenvalue weighted by atomic mass is 127. The summed E-state index contributed by atoms with van der Waals surface area (Å²) < 4.78 is 5.74. The van der Waals surface area contributed by atoms with E-state index in [0.717, 1.165) is 37.8 Å². The number of rotatable bonds is 4. The van der Waals surface area contributed by atoms with Crippen LogP contribution in [0.1, 0.15) is 50.5 Å². The number of nitrogens with one attached hydrogen (secondary N) is 2. The average molecular weight is 429 g/mol. The molecule has 0 aromatic heterocycles. The lowest BCUT2D eigenvalue weighted by atomic mass is 9.93. The molecule has 1 atom stereocenters. The molecule has 128 valence electrons. The van der Waals surface area contributed by atoms with Gasteiger partial charge in [-0.2, -0.15) is 0 Å². The second-order valence-corrected chi connectivity index (χ2v) is 6.22. The molecule has 1 aromatic rings. The topological polar surface area (TPSA) is 45.7 Å². The normalized spacial score (nSPS) is 21.1. The fourth-order valence-corrected chi connectivity index (χ4v) is 3.39. The van der Waals surface area contributed by atoms with E-state index in [2.05, 4.69) is 35.8 Å². The van der Waals surface area contributed by atoms with E-state index < -0.39 is 0 Å². The Labute approximate surface area is 156 Å². The van der Waals surface area contributed by atoms with Crippen LogP contribution >= 0.6 is 24.0 Å². The van der Waals surface area contributed by atoms with E-state index in [1.807, 2.05) is 6.07 Å². The standard InChI is InChI=1S/C18H27N3O.HI/c1-2-19-18(21-15-7-3-4-8-15)20-13-14-11-12-22-17-10-6-5-9-16(14)17;/h5-6,9-10,14-15H,2-4,7-8,11-13H2,1H3,(H2,19,20,21);1H. The molecule has 0 spiro atoms. The van der Waals surface area contributed by atoms with Crippen molar-refractivity contribution in [2.75, 3.05) is 19.7 Å². The fraction of sp³-hybridized carbons (Fsp3) is 0.611. The Hall–Kier alpha value is -0.980. The van der Waals surface area contributed by atoms with Crippen molar-refractivity contribution in [1.29, 1.82) is 0 Å². The lowest BCUT2D eigenvalue weighted by Gasteiger charge is -2.25. The van der Waals surface area contributed by atoms with Crippen LogP contribution in [-0.2, 0) is 0 Å². The smallest absolute Gasteiger partial charge is 0.191 e. The maximum atomic E-state index is 5.74. The summed E-state index contributed by atoms with van der Waals surface area (Å²) in [5, 5.41) is 6.97. The Morgan fingerprint density at radius 1 is 1.22 bits per heavy atom. The maximum absolute atomic E-state index is 5.74. The molecule has 1 heterocycles. The lowest BCUT2D eigenvalue weighted by molar-refractivity contribution is 0.269. The van der Waals surface area contributed by atoms with Crippen LogP contribution in [-0.4, -0.2) is 31.7 Å². The molecule has 0 amide bonds. The molecule has 0 bridgehead atoms. The van der Waals surface area contributed by atoms with Crippen LogP contribution in [0.3, 0.4) is 0 Å². The zero-order valence-corrected chi connectivity index (χ0v) is 16.2. The summed E-state index contributed by atoms with van der Waals surface area (Å²) in [6.45, 7) is 4.64. The second kappa shape index (κ2) is 9.35. The highest BCUT2D eigenvalue weighted by Gasteiger charge is 2.21. The Kier molecular flexibility index (Phi) is 7.46. The van der Waals surface area contributed by atoms with E-state index in [9.17, 15) is 0 Å². The number of para-hydroxylation sites is 1. The summed E-state index contributed by atoms with van der Waals surface area (Å²) in [5.41, 5.74) is 1.30. The summed E-state index contributed by atoms with van der Waals surface area (Å²) >= 11 is 0. The van der Waals surface area contributed by atoms with Crippen molar-refractivity contribution in [2.45, 2.75) is 51.0 Å². The number of benzene rings is 1. The maximum Gasteiger partial charge on any atom is 0.191 e. The molecular formula is C18H28IN3O. The number of ether oxygens (including phenoxy) is 1. The van der Waals surface area contributed by atoms with Crippen LogP contribution in [0.4, 0.5) is 0 Å². The van der Waals surface area contributed by atoms with Crippen molar-refractivity contribution < 1.29 is 4.74 Å². The van der Waals surface area contributed by atoms with Crippen LogP contribution in [0.25, 0.3) is 0 Å². The number of hydrogen-bond acceptors (Lipinski definition) is 2. The molecule has 1 aliphatic heterocycles. The molecule has 4 nitrogen and oxygen atoms in total. The quantitative estimate of drug-likeness (QED) is 0.436. The summed E-state index contributed by atoms with van der Waals surface area (Å²) in [6.07, 6.45) is 6.26. The minimum Gasteiger partial charge on any atom is -0.493 e. The minimum atomic E-state index is 0. The molecule has 0 radical (unpaired) electrons. The third kappa shape index (κ3) is 4.99. The molecule has 1 fully saturated rings. The first kappa shape index (κ1) is 18.4. The molecule has 2 N–H and O–H groups in total. The van der Waals surface area contributed by atoms with E-state index in [-0.39, 0.29) is 24.0 Å². The summed E-state index contributed by atoms with van der Waals surface area (Å²) in [4.78, 5) is 4.84. The van der Waals surface area contributed by atoms with Gasteiger partial charge in [-0.25, -0.2) is 0 Å². The first-order valence-corrected chi connectivity index (χ1v) is 8.63. The van der Waals surface area contributed by atoms with E-state index in [1.165, 1.54) is 31.2 Å². The van der Waals surface area contributed by atoms with Gasteiger partial charge in [-0.05, 0) is 37.8 Å². The Balaban J connectivity index is 0.00000192. The zero-order chi connectivity index (χ0) is 15.2. The molecular weight excluding hydrogens is 401 g/mol. The van der Waals surface area contributed by atoms with Crippen molar-refractivity contribution in [2.24, 2.45) is 4.99 Å². The van der Waals surface area contributed by atoms with E-state index in [4.69, 9.17) is 9.73 Å². The van der Waals surface area contributed by atoms with Crippen molar-refractivity contribution in [3.8, 4) is 5.75 Å². The van der Waals surface area contributed by atoms with Gasteiger partial charge in [-0.3, -0.25) is 4.99 Å². The highest BCUT2D eigenvalue weighted by Crippen LogP contribution is 2.33. The van der Waals surface area contributed by atoms with Gasteiger partial charge in [-0.1, -0.05) is 31.0 Å². The van der Waals surface area contributed by atoms with Gasteiger partial charge < -0.3 is 15.4 Å². The number of halogens is 1. The predicted molar refractivity (Wildman–Crippen MR) is 106 cm³/mol. The first-order valence-electron chi connectivity index (χ1n) is 8.63. The third-order valence-electron chi connectivity index (χ3n) is 4.59. The van der Waals surface area contributed by atoms with Crippen molar-refractivity contribution in [3.63, 3.8) is 0 Å². The SMILES string of the molecule is CCNC(=NCC1CCOc2ccccc21)NC1CCCC1.I. The molecule has 23 heavy (non-hydrogen) atoms. The minimum absolute atomic E-state index is 0.